The SMILES string of the molecule is O=[N+]([O-])C1=CC=C(n2cccn2)CC1. The Morgan fingerprint density at radius 3 is 2.79 bits per heavy atom. The van der Waals surface area contributed by atoms with E-state index in [0.29, 0.717) is 12.8 Å². The van der Waals surface area contributed by atoms with Crippen molar-refractivity contribution in [1.82, 2.24) is 9.78 Å². The predicted molar refractivity (Wildman–Crippen MR) is 50.8 cm³/mol. The van der Waals surface area contributed by atoms with Crippen LogP contribution in [0.3, 0.4) is 0 Å². The number of nitrogens with zero attached hydrogens (tertiary/aromatic N) is 3. The quantitative estimate of drug-likeness (QED) is 0.527. The van der Waals surface area contributed by atoms with Crippen molar-refractivity contribution < 1.29 is 4.92 Å². The summed E-state index contributed by atoms with van der Waals surface area (Å²) in [7, 11) is 0. The van der Waals surface area contributed by atoms with Gasteiger partial charge in [0.05, 0.1) is 4.92 Å². The zero-order chi connectivity index (χ0) is 9.97. The Kier molecular flexibility index (Phi) is 2.14. The number of rotatable bonds is 2. The summed E-state index contributed by atoms with van der Waals surface area (Å²) in [6, 6.07) is 1.83. The minimum atomic E-state index is -0.337. The van der Waals surface area contributed by atoms with Gasteiger partial charge in [-0.2, -0.15) is 5.10 Å². The fourth-order valence-corrected chi connectivity index (χ4v) is 1.40. The molecule has 1 aliphatic carbocycles. The van der Waals surface area contributed by atoms with E-state index in [1.165, 1.54) is 0 Å². The van der Waals surface area contributed by atoms with Crippen LogP contribution in [0.2, 0.25) is 0 Å². The second-order valence-corrected chi connectivity index (χ2v) is 3.02. The third kappa shape index (κ3) is 1.56. The molecule has 5 nitrogen and oxygen atoms in total. The molecule has 0 radical (unpaired) electrons. The maximum absolute atomic E-state index is 10.4. The maximum atomic E-state index is 10.4. The van der Waals surface area contributed by atoms with Crippen molar-refractivity contribution in [3.63, 3.8) is 0 Å². The van der Waals surface area contributed by atoms with Crippen molar-refractivity contribution in [2.45, 2.75) is 12.8 Å². The van der Waals surface area contributed by atoms with Gasteiger partial charge in [-0.3, -0.25) is 10.1 Å². The first-order valence-corrected chi connectivity index (χ1v) is 4.31. The first-order valence-electron chi connectivity index (χ1n) is 4.31. The summed E-state index contributed by atoms with van der Waals surface area (Å²) in [5.74, 6) is 0. The maximum Gasteiger partial charge on any atom is 0.246 e. The van der Waals surface area contributed by atoms with Gasteiger partial charge in [-0.1, -0.05) is 0 Å². The van der Waals surface area contributed by atoms with E-state index in [4.69, 9.17) is 0 Å². The van der Waals surface area contributed by atoms with Crippen molar-refractivity contribution in [2.24, 2.45) is 0 Å². The smallest absolute Gasteiger partial charge is 0.246 e. The molecule has 0 unspecified atom stereocenters. The van der Waals surface area contributed by atoms with Gasteiger partial charge in [-0.05, 0) is 18.6 Å². The number of hydrogen-bond acceptors (Lipinski definition) is 3. The Labute approximate surface area is 80.5 Å². The van der Waals surface area contributed by atoms with Crippen LogP contribution in [-0.2, 0) is 0 Å². The van der Waals surface area contributed by atoms with E-state index >= 15 is 0 Å². The van der Waals surface area contributed by atoms with E-state index < -0.39 is 0 Å². The summed E-state index contributed by atoms with van der Waals surface area (Å²) < 4.78 is 1.73. The Balaban J connectivity index is 2.23. The van der Waals surface area contributed by atoms with Crippen LogP contribution in [0.4, 0.5) is 0 Å². The molecule has 0 bridgehead atoms. The Morgan fingerprint density at radius 2 is 2.29 bits per heavy atom. The summed E-state index contributed by atoms with van der Waals surface area (Å²) in [5.41, 5.74) is 1.25. The van der Waals surface area contributed by atoms with Crippen molar-refractivity contribution >= 4 is 5.70 Å². The molecular weight excluding hydrogens is 182 g/mol. The van der Waals surface area contributed by atoms with Gasteiger partial charge in [0.2, 0.25) is 5.70 Å². The van der Waals surface area contributed by atoms with E-state index in [-0.39, 0.29) is 10.6 Å². The molecule has 0 aromatic carbocycles. The summed E-state index contributed by atoms with van der Waals surface area (Å²) >= 11 is 0. The molecule has 0 saturated heterocycles. The molecule has 0 saturated carbocycles. The first kappa shape index (κ1) is 8.68. The molecule has 0 amide bonds. The van der Waals surface area contributed by atoms with Gasteiger partial charge in [0.1, 0.15) is 0 Å². The highest BCUT2D eigenvalue weighted by Crippen LogP contribution is 2.21. The Morgan fingerprint density at radius 1 is 1.43 bits per heavy atom. The Hall–Kier alpha value is -1.91. The van der Waals surface area contributed by atoms with E-state index in [1.54, 1.807) is 23.0 Å². The van der Waals surface area contributed by atoms with Crippen LogP contribution in [0.15, 0.2) is 36.3 Å². The molecule has 14 heavy (non-hydrogen) atoms. The molecule has 0 N–H and O–H groups in total. The lowest BCUT2D eigenvalue weighted by molar-refractivity contribution is -0.428. The predicted octanol–water partition coefficient (Wildman–Crippen LogP) is 1.68. The summed E-state index contributed by atoms with van der Waals surface area (Å²) in [4.78, 5) is 10.1. The minimum absolute atomic E-state index is 0.265. The van der Waals surface area contributed by atoms with Gasteiger partial charge in [0.15, 0.2) is 0 Å². The van der Waals surface area contributed by atoms with Crippen molar-refractivity contribution in [3.8, 4) is 0 Å². The molecular formula is C9H9N3O2. The molecule has 0 spiro atoms. The highest BCUT2D eigenvalue weighted by Gasteiger charge is 2.15. The average molecular weight is 191 g/mol. The minimum Gasteiger partial charge on any atom is -0.259 e. The molecule has 1 aliphatic rings. The fraction of sp³-hybridized carbons (Fsp3) is 0.222. The van der Waals surface area contributed by atoms with Gasteiger partial charge in [-0.15, -0.1) is 0 Å². The largest absolute Gasteiger partial charge is 0.259 e. The number of hydrogen-bond donors (Lipinski definition) is 0. The van der Waals surface area contributed by atoms with Crippen molar-refractivity contribution in [3.05, 3.63) is 46.4 Å². The highest BCUT2D eigenvalue weighted by atomic mass is 16.6. The van der Waals surface area contributed by atoms with Crippen molar-refractivity contribution in [2.75, 3.05) is 0 Å². The average Bonchev–Trinajstić information content (AvgIpc) is 2.71. The molecule has 72 valence electrons. The summed E-state index contributed by atoms with van der Waals surface area (Å²) in [6.45, 7) is 0. The Bertz CT molecular complexity index is 404. The van der Waals surface area contributed by atoms with Gasteiger partial charge in [0.25, 0.3) is 0 Å². The third-order valence-electron chi connectivity index (χ3n) is 2.14. The van der Waals surface area contributed by atoms with Gasteiger partial charge >= 0.3 is 0 Å². The van der Waals surface area contributed by atoms with Crippen LogP contribution in [0.25, 0.3) is 5.70 Å². The van der Waals surface area contributed by atoms with Crippen molar-refractivity contribution in [1.29, 1.82) is 0 Å². The van der Waals surface area contributed by atoms with Gasteiger partial charge in [-0.25, -0.2) is 4.68 Å². The first-order chi connectivity index (χ1) is 6.77. The normalized spacial score (nSPS) is 16.0. The second-order valence-electron chi connectivity index (χ2n) is 3.02. The molecule has 0 fully saturated rings. The number of allylic oxidation sites excluding steroid dienone is 4. The van der Waals surface area contributed by atoms with E-state index in [0.717, 1.165) is 5.70 Å². The van der Waals surface area contributed by atoms with Gasteiger partial charge < -0.3 is 0 Å². The lowest BCUT2D eigenvalue weighted by Crippen LogP contribution is -2.06. The van der Waals surface area contributed by atoms with Crippen LogP contribution >= 0.6 is 0 Å². The topological polar surface area (TPSA) is 61.0 Å². The zero-order valence-electron chi connectivity index (χ0n) is 7.46. The van der Waals surface area contributed by atoms with Crippen LogP contribution < -0.4 is 0 Å². The van der Waals surface area contributed by atoms with Gasteiger partial charge in [0, 0.05) is 30.6 Å². The molecule has 0 aliphatic heterocycles. The molecule has 5 heteroatoms. The molecule has 1 heterocycles. The molecule has 0 atom stereocenters. The highest BCUT2D eigenvalue weighted by molar-refractivity contribution is 5.49. The zero-order valence-corrected chi connectivity index (χ0v) is 7.46. The molecule has 1 aromatic heterocycles. The summed E-state index contributed by atoms with van der Waals surface area (Å²) in [5, 5.41) is 14.5. The van der Waals surface area contributed by atoms with E-state index in [2.05, 4.69) is 5.10 Å². The van der Waals surface area contributed by atoms with E-state index in [1.807, 2.05) is 12.3 Å². The number of aromatic nitrogens is 2. The van der Waals surface area contributed by atoms with Crippen LogP contribution in [0, 0.1) is 10.1 Å². The van der Waals surface area contributed by atoms with Crippen LogP contribution in [-0.4, -0.2) is 14.7 Å². The second kappa shape index (κ2) is 3.45. The molecule has 2 rings (SSSR count). The summed E-state index contributed by atoms with van der Waals surface area (Å²) in [6.07, 6.45) is 7.94. The fourth-order valence-electron chi connectivity index (χ4n) is 1.40. The van der Waals surface area contributed by atoms with Crippen LogP contribution in [0.5, 0.6) is 0 Å². The standard InChI is InChI=1S/C9H9N3O2/c13-12(14)9-4-2-8(3-5-9)11-7-1-6-10-11/h1-2,4,6-7H,3,5H2. The lowest BCUT2D eigenvalue weighted by atomic mass is 10.1. The van der Waals surface area contributed by atoms with Crippen LogP contribution in [0.1, 0.15) is 12.8 Å². The lowest BCUT2D eigenvalue weighted by Gasteiger charge is -2.09. The monoisotopic (exact) mass is 191 g/mol. The third-order valence-corrected chi connectivity index (χ3v) is 2.14. The molecule has 1 aromatic rings. The van der Waals surface area contributed by atoms with E-state index in [9.17, 15) is 10.1 Å². The number of nitro groups is 1.